The average Bonchev–Trinajstić information content (AvgIpc) is 2.74. The fraction of sp³-hybridized carbons (Fsp3) is 0.643. The van der Waals surface area contributed by atoms with Crippen molar-refractivity contribution in [3.05, 3.63) is 12.2 Å². The minimum Gasteiger partial charge on any atom is -0.460 e. The Morgan fingerprint density at radius 3 is 2.90 bits per heavy atom. The second-order valence-electron chi connectivity index (χ2n) is 5.27. The number of fused-ring (bicyclic) bond motifs is 2. The van der Waals surface area contributed by atoms with E-state index < -0.39 is 18.2 Å². The first-order valence-electron chi connectivity index (χ1n) is 6.95. The molecule has 2 fully saturated rings. The van der Waals surface area contributed by atoms with Crippen molar-refractivity contribution < 1.29 is 28.6 Å². The van der Waals surface area contributed by atoms with Crippen molar-refractivity contribution in [1.82, 2.24) is 5.32 Å². The third-order valence-corrected chi connectivity index (χ3v) is 3.54. The van der Waals surface area contributed by atoms with Gasteiger partial charge in [0.25, 0.3) is 0 Å². The number of ether oxygens (including phenoxy) is 3. The van der Waals surface area contributed by atoms with Crippen LogP contribution >= 0.6 is 0 Å². The Kier molecular flexibility index (Phi) is 4.82. The molecule has 2 rings (SSSR count). The number of esters is 2. The summed E-state index contributed by atoms with van der Waals surface area (Å²) >= 11 is 0. The molecule has 0 aromatic heterocycles. The van der Waals surface area contributed by atoms with Crippen molar-refractivity contribution in [2.24, 2.45) is 5.92 Å². The summed E-state index contributed by atoms with van der Waals surface area (Å²) in [5.74, 6) is -0.737. The number of rotatable bonds is 5. The lowest BCUT2D eigenvalue weighted by molar-refractivity contribution is -0.145. The highest BCUT2D eigenvalue weighted by Crippen LogP contribution is 2.35. The molecule has 21 heavy (non-hydrogen) atoms. The highest BCUT2D eigenvalue weighted by molar-refractivity contribution is 5.86. The zero-order chi connectivity index (χ0) is 15.4. The largest absolute Gasteiger partial charge is 0.460 e. The van der Waals surface area contributed by atoms with Crippen LogP contribution in [0.5, 0.6) is 0 Å². The van der Waals surface area contributed by atoms with Crippen LogP contribution in [0.25, 0.3) is 0 Å². The minimum absolute atomic E-state index is 0.0422. The molecule has 1 aliphatic carbocycles. The van der Waals surface area contributed by atoms with Gasteiger partial charge in [0.15, 0.2) is 0 Å². The monoisotopic (exact) mass is 297 g/mol. The lowest BCUT2D eigenvalue weighted by atomic mass is 9.88. The topological polar surface area (TPSA) is 90.9 Å². The third-order valence-electron chi connectivity index (χ3n) is 3.54. The minimum atomic E-state index is -0.604. The molecular formula is C14H19NO6. The molecule has 1 N–H and O–H groups in total. The van der Waals surface area contributed by atoms with Gasteiger partial charge in [0, 0.05) is 12.0 Å². The molecule has 0 spiro atoms. The Bertz CT molecular complexity index is 460. The van der Waals surface area contributed by atoms with Crippen molar-refractivity contribution >= 4 is 18.0 Å². The van der Waals surface area contributed by atoms with Crippen LogP contribution in [0.15, 0.2) is 12.2 Å². The lowest BCUT2D eigenvalue weighted by Gasteiger charge is -2.25. The van der Waals surface area contributed by atoms with E-state index in [1.807, 2.05) is 0 Å². The van der Waals surface area contributed by atoms with Crippen LogP contribution in [0.2, 0.25) is 0 Å². The van der Waals surface area contributed by atoms with Crippen LogP contribution < -0.4 is 5.32 Å². The maximum atomic E-state index is 11.6. The van der Waals surface area contributed by atoms with Crippen molar-refractivity contribution in [2.75, 3.05) is 13.2 Å². The highest BCUT2D eigenvalue weighted by atomic mass is 16.6. The van der Waals surface area contributed by atoms with Gasteiger partial charge in [-0.3, -0.25) is 4.79 Å². The predicted molar refractivity (Wildman–Crippen MR) is 71.3 cm³/mol. The summed E-state index contributed by atoms with van der Waals surface area (Å²) in [6.07, 6.45) is 0.594. The lowest BCUT2D eigenvalue weighted by Crippen LogP contribution is -2.38. The average molecular weight is 297 g/mol. The number of hydrogen-bond donors (Lipinski definition) is 1. The third kappa shape index (κ3) is 3.96. The van der Waals surface area contributed by atoms with Crippen molar-refractivity contribution in [3.63, 3.8) is 0 Å². The summed E-state index contributed by atoms with van der Waals surface area (Å²) in [6.45, 7) is 5.19. The van der Waals surface area contributed by atoms with Gasteiger partial charge in [-0.15, -0.1) is 0 Å². The highest BCUT2D eigenvalue weighted by Gasteiger charge is 2.44. The number of hydrogen-bond acceptors (Lipinski definition) is 6. The summed E-state index contributed by atoms with van der Waals surface area (Å²) in [6, 6.07) is 0. The zero-order valence-electron chi connectivity index (χ0n) is 11.9. The smallest absolute Gasteiger partial charge is 0.407 e. The fourth-order valence-corrected chi connectivity index (χ4v) is 2.42. The summed E-state index contributed by atoms with van der Waals surface area (Å²) in [5, 5.41) is 2.49. The van der Waals surface area contributed by atoms with E-state index in [1.54, 1.807) is 6.92 Å². The Labute approximate surface area is 122 Å². The van der Waals surface area contributed by atoms with Gasteiger partial charge in [-0.2, -0.15) is 0 Å². The van der Waals surface area contributed by atoms with Crippen LogP contribution in [0.1, 0.15) is 26.2 Å². The van der Waals surface area contributed by atoms with Gasteiger partial charge in [0.2, 0.25) is 0 Å². The van der Waals surface area contributed by atoms with Gasteiger partial charge in [-0.25, -0.2) is 9.59 Å². The standard InChI is InChI=1S/C14H19NO6/c1-8(2)12(16)19-6-5-15-14(18)21-10-4-3-9-7-11(10)20-13(9)17/h9-11H,1,3-7H2,2H3,(H,15,18). The molecule has 1 aliphatic heterocycles. The van der Waals surface area contributed by atoms with Crippen LogP contribution in [-0.4, -0.2) is 43.4 Å². The predicted octanol–water partition coefficient (Wildman–Crippen LogP) is 0.926. The van der Waals surface area contributed by atoms with E-state index in [0.717, 1.165) is 0 Å². The van der Waals surface area contributed by atoms with E-state index in [4.69, 9.17) is 14.2 Å². The van der Waals surface area contributed by atoms with Crippen LogP contribution in [0.3, 0.4) is 0 Å². The summed E-state index contributed by atoms with van der Waals surface area (Å²) < 4.78 is 15.2. The molecule has 0 aromatic carbocycles. The van der Waals surface area contributed by atoms with Crippen LogP contribution in [0.4, 0.5) is 4.79 Å². The van der Waals surface area contributed by atoms with Gasteiger partial charge >= 0.3 is 18.0 Å². The summed E-state index contributed by atoms with van der Waals surface area (Å²) in [7, 11) is 0. The van der Waals surface area contributed by atoms with Gasteiger partial charge in [0.1, 0.15) is 18.8 Å². The first kappa shape index (κ1) is 15.3. The van der Waals surface area contributed by atoms with Gasteiger partial charge in [-0.05, 0) is 19.8 Å². The van der Waals surface area contributed by atoms with E-state index in [-0.39, 0.29) is 31.1 Å². The molecule has 3 unspecified atom stereocenters. The quantitative estimate of drug-likeness (QED) is 0.351. The Hall–Kier alpha value is -2.05. The van der Waals surface area contributed by atoms with Gasteiger partial charge < -0.3 is 19.5 Å². The van der Waals surface area contributed by atoms with Crippen molar-refractivity contribution in [3.8, 4) is 0 Å². The number of nitrogens with one attached hydrogen (secondary N) is 1. The Morgan fingerprint density at radius 2 is 2.19 bits per heavy atom. The van der Waals surface area contributed by atoms with Crippen molar-refractivity contribution in [2.45, 2.75) is 38.4 Å². The Morgan fingerprint density at radius 1 is 1.43 bits per heavy atom. The van der Waals surface area contributed by atoms with E-state index in [1.165, 1.54) is 0 Å². The SMILES string of the molecule is C=C(C)C(=O)OCCNC(=O)OC1CCC2CC1OC2=O. The molecule has 0 aromatic rings. The fourth-order valence-electron chi connectivity index (χ4n) is 2.42. The number of carbonyl (C=O) groups excluding carboxylic acids is 3. The molecule has 7 nitrogen and oxygen atoms in total. The second-order valence-corrected chi connectivity index (χ2v) is 5.27. The van der Waals surface area contributed by atoms with Crippen LogP contribution in [-0.2, 0) is 23.8 Å². The molecule has 2 aliphatic rings. The van der Waals surface area contributed by atoms with Gasteiger partial charge in [0.05, 0.1) is 12.5 Å². The zero-order valence-corrected chi connectivity index (χ0v) is 11.9. The van der Waals surface area contributed by atoms with E-state index in [2.05, 4.69) is 11.9 Å². The first-order chi connectivity index (χ1) is 9.97. The normalized spacial score (nSPS) is 26.7. The maximum absolute atomic E-state index is 11.6. The first-order valence-corrected chi connectivity index (χ1v) is 6.95. The van der Waals surface area contributed by atoms with E-state index in [0.29, 0.717) is 24.8 Å². The summed E-state index contributed by atoms with van der Waals surface area (Å²) in [4.78, 5) is 34.1. The molecule has 116 valence electrons. The molecule has 1 saturated carbocycles. The second kappa shape index (κ2) is 6.60. The van der Waals surface area contributed by atoms with E-state index in [9.17, 15) is 14.4 Å². The van der Waals surface area contributed by atoms with Crippen molar-refractivity contribution in [1.29, 1.82) is 0 Å². The molecule has 1 amide bonds. The van der Waals surface area contributed by atoms with E-state index >= 15 is 0 Å². The molecule has 7 heteroatoms. The number of amides is 1. The molecule has 2 bridgehead atoms. The molecule has 0 radical (unpaired) electrons. The number of alkyl carbamates (subject to hydrolysis) is 1. The maximum Gasteiger partial charge on any atom is 0.407 e. The molecular weight excluding hydrogens is 278 g/mol. The molecule has 1 saturated heterocycles. The molecule has 3 atom stereocenters. The Balaban J connectivity index is 1.65. The van der Waals surface area contributed by atoms with Crippen LogP contribution in [0, 0.1) is 5.92 Å². The summed E-state index contributed by atoms with van der Waals surface area (Å²) in [5.41, 5.74) is 0.303. The number of carbonyl (C=O) groups is 3. The molecule has 1 heterocycles. The van der Waals surface area contributed by atoms with Gasteiger partial charge in [-0.1, -0.05) is 6.58 Å².